The minimum Gasteiger partial charge on any atom is -0.511 e. The second-order valence-corrected chi connectivity index (χ2v) is 23.8. The van der Waals surface area contributed by atoms with Gasteiger partial charge in [-0.25, -0.2) is 23.2 Å². The number of halogens is 3. The summed E-state index contributed by atoms with van der Waals surface area (Å²) in [4.78, 5) is 46.9. The molecule has 5 N–H and O–H groups in total. The first-order valence-electron chi connectivity index (χ1n) is 24.6. The lowest BCUT2D eigenvalue weighted by molar-refractivity contribution is -0.191. The first-order chi connectivity index (χ1) is 38.5. The third kappa shape index (κ3) is 25.3. The largest absolute Gasteiger partial charge is 0.511 e. The molecule has 1 atom stereocenters. The fourth-order valence-corrected chi connectivity index (χ4v) is 6.46. The number of esters is 1. The van der Waals surface area contributed by atoms with Gasteiger partial charge in [0, 0.05) is 26.1 Å². The molecule has 0 fully saturated rings. The number of rotatable bonds is 13. The van der Waals surface area contributed by atoms with Crippen molar-refractivity contribution < 1.29 is 70.6 Å². The molecule has 0 bridgehead atoms. The number of allylic oxidation sites excluding steroid dienone is 1. The van der Waals surface area contributed by atoms with Crippen LogP contribution in [0.15, 0.2) is 149 Å². The highest BCUT2D eigenvalue weighted by molar-refractivity contribution is 6.74. The van der Waals surface area contributed by atoms with E-state index in [1.165, 1.54) is 74.9 Å². The van der Waals surface area contributed by atoms with Crippen LogP contribution < -0.4 is 39.9 Å². The number of benzene rings is 6. The van der Waals surface area contributed by atoms with Gasteiger partial charge >= 0.3 is 12.1 Å². The van der Waals surface area contributed by atoms with E-state index in [9.17, 15) is 27.9 Å². The SMILES string of the molecule is CCCC(=O)OCC.COc1cccc(OC)c1C1C(O)=CC(=O)N=C1c1ccc(F)cc1.COc1cccc(OC)c1N.COc1cccc(OC)c1N=C(N)c1ccc(F)cc1.C[Si](C)(C)C.N#Cc1ccc(F)cc1.O=C=O. The first kappa shape index (κ1) is 69.6. The summed E-state index contributed by atoms with van der Waals surface area (Å²) in [7, 11) is 8.63. The van der Waals surface area contributed by atoms with E-state index in [-0.39, 0.29) is 35.4 Å². The average molecular weight is 1140 g/mol. The molecule has 1 amide bonds. The van der Waals surface area contributed by atoms with Crippen LogP contribution in [-0.4, -0.2) is 92.0 Å². The Morgan fingerprint density at radius 2 is 1.05 bits per heavy atom. The molecule has 0 aromatic heterocycles. The van der Waals surface area contributed by atoms with E-state index in [0.29, 0.717) is 86.9 Å². The number of nitriles is 1. The fourth-order valence-electron chi connectivity index (χ4n) is 6.46. The zero-order valence-corrected chi connectivity index (χ0v) is 48.5. The molecule has 21 heteroatoms. The second-order valence-electron chi connectivity index (χ2n) is 17.8. The zero-order valence-electron chi connectivity index (χ0n) is 47.5. The van der Waals surface area contributed by atoms with Crippen LogP contribution in [0.4, 0.5) is 24.5 Å². The van der Waals surface area contributed by atoms with Gasteiger partial charge in [0.15, 0.2) is 0 Å². The Bertz CT molecular complexity index is 2990. The summed E-state index contributed by atoms with van der Waals surface area (Å²) in [5.74, 6) is 0.948. The minimum atomic E-state index is -0.769. The van der Waals surface area contributed by atoms with E-state index in [0.717, 1.165) is 12.5 Å². The summed E-state index contributed by atoms with van der Waals surface area (Å²) >= 11 is 0. The number of hydrogen-bond acceptors (Lipinski definition) is 15. The van der Waals surface area contributed by atoms with E-state index in [2.05, 4.69) is 40.9 Å². The predicted molar refractivity (Wildman–Crippen MR) is 308 cm³/mol. The van der Waals surface area contributed by atoms with Crippen molar-refractivity contribution >= 4 is 49.0 Å². The Labute approximate surface area is 472 Å². The first-order valence-corrected chi connectivity index (χ1v) is 28.6. The Morgan fingerprint density at radius 3 is 1.43 bits per heavy atom. The number of dihydropyridines is 1. The highest BCUT2D eigenvalue weighted by atomic mass is 28.3. The molecular formula is C60H70F3N5O12Si. The fraction of sp³-hybridized carbons (Fsp3) is 0.267. The molecule has 1 aliphatic rings. The Balaban J connectivity index is 0.000000519. The molecule has 432 valence electrons. The molecule has 0 spiro atoms. The van der Waals surface area contributed by atoms with Gasteiger partial charge in [-0.05, 0) is 116 Å². The summed E-state index contributed by atoms with van der Waals surface area (Å²) in [5, 5.41) is 18.7. The number of carbonyl (C=O) groups excluding carboxylic acids is 4. The molecule has 0 aliphatic carbocycles. The molecule has 6 aromatic rings. The van der Waals surface area contributed by atoms with Crippen molar-refractivity contribution in [2.45, 2.75) is 58.8 Å². The smallest absolute Gasteiger partial charge is 0.373 e. The summed E-state index contributed by atoms with van der Waals surface area (Å²) in [6, 6.07) is 34.6. The normalized spacial score (nSPS) is 11.9. The molecule has 0 saturated heterocycles. The number of anilines is 1. The highest BCUT2D eigenvalue weighted by Gasteiger charge is 2.33. The van der Waals surface area contributed by atoms with Gasteiger partial charge in [0.2, 0.25) is 0 Å². The summed E-state index contributed by atoms with van der Waals surface area (Å²) in [6.07, 6.45) is 2.73. The molecule has 81 heavy (non-hydrogen) atoms. The maximum Gasteiger partial charge on any atom is 0.373 e. The number of methoxy groups -OCH3 is 6. The number of amidine groups is 1. The number of amides is 1. The Kier molecular flexibility index (Phi) is 32.2. The molecule has 1 heterocycles. The maximum atomic E-state index is 13.3. The lowest BCUT2D eigenvalue weighted by Gasteiger charge is -2.25. The van der Waals surface area contributed by atoms with Gasteiger partial charge in [-0.3, -0.25) is 9.59 Å². The van der Waals surface area contributed by atoms with Crippen LogP contribution in [0.25, 0.3) is 0 Å². The van der Waals surface area contributed by atoms with Crippen LogP contribution in [0.3, 0.4) is 0 Å². The van der Waals surface area contributed by atoms with Gasteiger partial charge in [0.1, 0.15) is 74.9 Å². The van der Waals surface area contributed by atoms with Crippen molar-refractivity contribution in [1.29, 1.82) is 5.26 Å². The van der Waals surface area contributed by atoms with Gasteiger partial charge in [-0.15, -0.1) is 0 Å². The molecule has 1 aliphatic heterocycles. The van der Waals surface area contributed by atoms with Crippen LogP contribution >= 0.6 is 0 Å². The number of nitrogens with two attached hydrogens (primary N) is 2. The number of carbonyl (C=O) groups is 2. The number of para-hydroxylation sites is 2. The van der Waals surface area contributed by atoms with E-state index >= 15 is 0 Å². The molecule has 17 nitrogen and oxygen atoms in total. The number of aliphatic hydroxyl groups excluding tert-OH is 1. The van der Waals surface area contributed by atoms with Crippen LogP contribution in [-0.2, 0) is 23.9 Å². The second kappa shape index (κ2) is 37.4. The lowest BCUT2D eigenvalue weighted by Crippen LogP contribution is -2.23. The van der Waals surface area contributed by atoms with Crippen molar-refractivity contribution in [1.82, 2.24) is 0 Å². The van der Waals surface area contributed by atoms with Crippen molar-refractivity contribution in [3.63, 3.8) is 0 Å². The Morgan fingerprint density at radius 1 is 0.667 bits per heavy atom. The van der Waals surface area contributed by atoms with Crippen molar-refractivity contribution in [3.8, 4) is 40.6 Å². The monoisotopic (exact) mass is 1140 g/mol. The Hall–Kier alpha value is -9.38. The lowest BCUT2D eigenvalue weighted by atomic mass is 9.85. The average Bonchev–Trinajstić information content (AvgIpc) is 3.59. The zero-order chi connectivity index (χ0) is 61.1. The highest BCUT2D eigenvalue weighted by Crippen LogP contribution is 2.42. The molecule has 6 aromatic carbocycles. The topological polar surface area (TPSA) is 254 Å². The summed E-state index contributed by atoms with van der Waals surface area (Å²) < 4.78 is 74.2. The predicted octanol–water partition coefficient (Wildman–Crippen LogP) is 12.0. The molecular weight excluding hydrogens is 1070 g/mol. The van der Waals surface area contributed by atoms with Gasteiger partial charge in [0.25, 0.3) is 5.91 Å². The van der Waals surface area contributed by atoms with Crippen molar-refractivity contribution in [3.05, 3.63) is 179 Å². The number of ether oxygens (including phenoxy) is 7. The third-order valence-electron chi connectivity index (χ3n) is 9.94. The number of hydrogen-bond donors (Lipinski definition) is 3. The number of nitrogen functional groups attached to an aromatic ring is 1. The number of aliphatic imine (C=N–C) groups is 2. The molecule has 0 radical (unpaired) electrons. The quantitative estimate of drug-likeness (QED) is 0.0319. The van der Waals surface area contributed by atoms with E-state index in [1.807, 2.05) is 26.0 Å². The third-order valence-corrected chi connectivity index (χ3v) is 9.94. The minimum absolute atomic E-state index is 0.0880. The van der Waals surface area contributed by atoms with Gasteiger partial charge in [-0.2, -0.15) is 14.9 Å². The van der Waals surface area contributed by atoms with Gasteiger partial charge in [-0.1, -0.05) is 63.4 Å². The van der Waals surface area contributed by atoms with Gasteiger partial charge in [0.05, 0.1) is 78.1 Å². The number of nitrogens with zero attached hydrogens (tertiary/aromatic N) is 3. The van der Waals surface area contributed by atoms with Gasteiger partial charge < -0.3 is 49.7 Å². The van der Waals surface area contributed by atoms with E-state index in [4.69, 9.17) is 54.7 Å². The standard InChI is InChI=1S/C19H16FNO4.C15H15FN2O2.C8H11NO2.C7H4FN.C6H12O2.C4H12Si.CO2/c1-24-14-4-3-5-15(25-2)18(14)17-13(22)10-16(23)21-19(17)11-6-8-12(20)9-7-11;1-19-12-4-3-5-13(20-2)14(12)18-15(17)10-6-8-11(16)9-7-10;1-10-6-4-3-5-7(11-2)8(6)9;8-7-3-1-6(5-9)2-4-7;1-3-5-6(7)8-4-2;1-5(2,3)4;2-1-3/h3-10,17,22H,1-2H3;3-9H,1-2H3,(H2,17,18);3-5H,9H2,1-2H3;1-4H;3-5H2,1-2H3;1-4H3;. The van der Waals surface area contributed by atoms with Crippen LogP contribution in [0.1, 0.15) is 54.9 Å². The van der Waals surface area contributed by atoms with E-state index < -0.39 is 25.7 Å². The van der Waals surface area contributed by atoms with Crippen molar-refractivity contribution in [2.75, 3.05) is 55.0 Å². The number of aliphatic hydroxyl groups is 1. The molecule has 7 rings (SSSR count). The molecule has 0 saturated carbocycles. The summed E-state index contributed by atoms with van der Waals surface area (Å²) in [6.45, 7) is 13.6. The maximum absolute atomic E-state index is 13.3. The van der Waals surface area contributed by atoms with Crippen molar-refractivity contribution in [2.24, 2.45) is 15.7 Å². The van der Waals surface area contributed by atoms with Crippen LogP contribution in [0.2, 0.25) is 26.2 Å². The van der Waals surface area contributed by atoms with Crippen LogP contribution in [0, 0.1) is 28.8 Å². The van der Waals surface area contributed by atoms with E-state index in [1.54, 1.807) is 89.1 Å². The summed E-state index contributed by atoms with van der Waals surface area (Å²) in [5.41, 5.74) is 15.1. The molecule has 1 unspecified atom stereocenters. The van der Waals surface area contributed by atoms with Crippen LogP contribution in [0.5, 0.6) is 34.5 Å².